The molecule has 0 spiro atoms. The van der Waals surface area contributed by atoms with Gasteiger partial charge < -0.3 is 19.5 Å². The number of hydrogen-bond acceptors (Lipinski definition) is 6. The van der Waals surface area contributed by atoms with Crippen LogP contribution in [0.5, 0.6) is 5.75 Å². The lowest BCUT2D eigenvalue weighted by molar-refractivity contribution is -0.0403. The molecule has 1 saturated heterocycles. The van der Waals surface area contributed by atoms with E-state index in [0.29, 0.717) is 17.4 Å². The highest BCUT2D eigenvalue weighted by Crippen LogP contribution is 2.32. The molecule has 3 rings (SSSR count). The molecule has 2 aromatic rings. The summed E-state index contributed by atoms with van der Waals surface area (Å²) in [6, 6.07) is 2.70. The minimum atomic E-state index is -1.34. The number of carboxylic acid groups (broad SMARTS) is 1. The molecule has 1 aromatic heterocycles. The number of halogens is 1. The van der Waals surface area contributed by atoms with E-state index in [1.807, 2.05) is 14.0 Å². The molecule has 25 heavy (non-hydrogen) atoms. The van der Waals surface area contributed by atoms with Crippen LogP contribution in [0, 0.1) is 12.7 Å². The Labute approximate surface area is 148 Å². The van der Waals surface area contributed by atoms with Crippen molar-refractivity contribution < 1.29 is 23.8 Å². The number of thiazole rings is 1. The summed E-state index contributed by atoms with van der Waals surface area (Å²) in [6.07, 6.45) is 1.52. The van der Waals surface area contributed by atoms with E-state index < -0.39 is 17.3 Å². The van der Waals surface area contributed by atoms with Crippen molar-refractivity contribution in [2.75, 3.05) is 33.4 Å². The summed E-state index contributed by atoms with van der Waals surface area (Å²) in [5.74, 6) is -1.85. The molecule has 0 saturated carbocycles. The second kappa shape index (κ2) is 7.47. The number of nitrogens with zero attached hydrogens (tertiary/aromatic N) is 2. The minimum absolute atomic E-state index is 0.109. The Morgan fingerprint density at radius 3 is 3.00 bits per heavy atom. The highest BCUT2D eigenvalue weighted by Gasteiger charge is 2.22. The van der Waals surface area contributed by atoms with Gasteiger partial charge in [0.15, 0.2) is 0 Å². The monoisotopic (exact) mass is 366 g/mol. The maximum Gasteiger partial charge on any atom is 0.338 e. The first-order valence-electron chi connectivity index (χ1n) is 7.86. The third-order valence-corrected chi connectivity index (χ3v) is 4.85. The summed E-state index contributed by atoms with van der Waals surface area (Å²) in [6.45, 7) is 4.34. The Kier molecular flexibility index (Phi) is 5.31. The molecular weight excluding hydrogens is 347 g/mol. The topological polar surface area (TPSA) is 71.9 Å². The normalized spacial score (nSPS) is 18.3. The molecule has 0 radical (unpaired) electrons. The third-order valence-electron chi connectivity index (χ3n) is 3.91. The van der Waals surface area contributed by atoms with E-state index in [1.165, 1.54) is 23.5 Å². The van der Waals surface area contributed by atoms with Gasteiger partial charge in [0.05, 0.1) is 17.7 Å². The zero-order valence-corrected chi connectivity index (χ0v) is 14.8. The molecule has 1 aliphatic rings. The fourth-order valence-electron chi connectivity index (χ4n) is 2.63. The van der Waals surface area contributed by atoms with Crippen molar-refractivity contribution in [3.63, 3.8) is 0 Å². The van der Waals surface area contributed by atoms with Crippen molar-refractivity contribution in [2.45, 2.75) is 13.0 Å². The van der Waals surface area contributed by atoms with Crippen LogP contribution < -0.4 is 4.74 Å². The lowest BCUT2D eigenvalue weighted by Crippen LogP contribution is -2.42. The van der Waals surface area contributed by atoms with Gasteiger partial charge in [0.25, 0.3) is 0 Å². The number of ether oxygens (including phenoxy) is 2. The number of likely N-dealkylation sites (N-methyl/N-ethyl adjacent to an activating group) is 1. The van der Waals surface area contributed by atoms with Gasteiger partial charge in [-0.2, -0.15) is 0 Å². The third kappa shape index (κ3) is 4.15. The lowest BCUT2D eigenvalue weighted by Gasteiger charge is -2.29. The van der Waals surface area contributed by atoms with Crippen LogP contribution in [0.2, 0.25) is 0 Å². The summed E-state index contributed by atoms with van der Waals surface area (Å²) in [4.78, 5) is 18.6. The summed E-state index contributed by atoms with van der Waals surface area (Å²) in [7, 11) is 2.00. The highest BCUT2D eigenvalue weighted by atomic mass is 32.1. The first kappa shape index (κ1) is 17.8. The van der Waals surface area contributed by atoms with Gasteiger partial charge in [-0.1, -0.05) is 0 Å². The molecule has 0 aliphatic carbocycles. The molecule has 2 heterocycles. The van der Waals surface area contributed by atoms with Gasteiger partial charge in [-0.05, 0) is 26.1 Å². The number of rotatable bonds is 5. The predicted molar refractivity (Wildman–Crippen MR) is 91.9 cm³/mol. The molecule has 1 aromatic carbocycles. The standard InChI is InChI=1S/C17H19FN2O4S/c1-10-7-19-16(25-10)13-5-11(6-14(15(13)18)17(21)22)24-9-12-8-20(2)3-4-23-12/h5-7,12H,3-4,8-9H2,1-2H3,(H,21,22)/t12-/m1/s1. The Balaban J connectivity index is 1.86. The van der Waals surface area contributed by atoms with Crippen molar-refractivity contribution in [1.82, 2.24) is 9.88 Å². The SMILES string of the molecule is Cc1cnc(-c2cc(OC[C@H]3CN(C)CCO3)cc(C(=O)O)c2F)s1. The van der Waals surface area contributed by atoms with Crippen LogP contribution in [0.15, 0.2) is 18.3 Å². The van der Waals surface area contributed by atoms with Crippen molar-refractivity contribution in [2.24, 2.45) is 0 Å². The maximum atomic E-state index is 14.5. The fourth-order valence-corrected chi connectivity index (χ4v) is 3.40. The van der Waals surface area contributed by atoms with Crippen LogP contribution >= 0.6 is 11.3 Å². The summed E-state index contributed by atoms with van der Waals surface area (Å²) < 4.78 is 25.9. The Hall–Kier alpha value is -2.03. The number of aryl methyl sites for hydroxylation is 1. The van der Waals surface area contributed by atoms with Gasteiger partial charge in [0.1, 0.15) is 29.3 Å². The van der Waals surface area contributed by atoms with Crippen molar-refractivity contribution in [3.05, 3.63) is 34.6 Å². The van der Waals surface area contributed by atoms with E-state index in [0.717, 1.165) is 18.0 Å². The minimum Gasteiger partial charge on any atom is -0.491 e. The number of aromatic carboxylic acids is 1. The molecule has 8 heteroatoms. The van der Waals surface area contributed by atoms with E-state index >= 15 is 0 Å². The van der Waals surface area contributed by atoms with Crippen LogP contribution in [0.3, 0.4) is 0 Å². The van der Waals surface area contributed by atoms with Crippen LogP contribution in [0.4, 0.5) is 4.39 Å². The smallest absolute Gasteiger partial charge is 0.338 e. The number of hydrogen-bond donors (Lipinski definition) is 1. The number of carbonyl (C=O) groups is 1. The van der Waals surface area contributed by atoms with Gasteiger partial charge >= 0.3 is 5.97 Å². The van der Waals surface area contributed by atoms with E-state index in [1.54, 1.807) is 6.20 Å². The first-order chi connectivity index (χ1) is 11.9. The molecule has 1 N–H and O–H groups in total. The number of morpholine rings is 1. The van der Waals surface area contributed by atoms with Crippen LogP contribution in [0.1, 0.15) is 15.2 Å². The zero-order valence-electron chi connectivity index (χ0n) is 14.0. The average Bonchev–Trinajstić information content (AvgIpc) is 3.00. The molecule has 0 bridgehead atoms. The maximum absolute atomic E-state index is 14.5. The van der Waals surface area contributed by atoms with Gasteiger partial charge in [0.2, 0.25) is 0 Å². The van der Waals surface area contributed by atoms with Crippen molar-refractivity contribution in [3.8, 4) is 16.3 Å². The second-order valence-corrected chi connectivity index (χ2v) is 7.21. The van der Waals surface area contributed by atoms with Crippen LogP contribution in [-0.2, 0) is 4.74 Å². The molecular formula is C17H19FN2O4S. The quantitative estimate of drug-likeness (QED) is 0.877. The summed E-state index contributed by atoms with van der Waals surface area (Å²) in [5.41, 5.74) is -0.295. The van der Waals surface area contributed by atoms with E-state index in [-0.39, 0.29) is 18.3 Å². The second-order valence-electron chi connectivity index (χ2n) is 5.98. The molecule has 134 valence electrons. The molecule has 1 atom stereocenters. The van der Waals surface area contributed by atoms with Gasteiger partial charge in [-0.3, -0.25) is 0 Å². The molecule has 1 aliphatic heterocycles. The van der Waals surface area contributed by atoms with E-state index in [4.69, 9.17) is 9.47 Å². The van der Waals surface area contributed by atoms with Gasteiger partial charge in [-0.15, -0.1) is 11.3 Å². The summed E-state index contributed by atoms with van der Waals surface area (Å²) in [5, 5.41) is 9.70. The van der Waals surface area contributed by atoms with Crippen LogP contribution in [0.25, 0.3) is 10.6 Å². The van der Waals surface area contributed by atoms with Crippen molar-refractivity contribution in [1.29, 1.82) is 0 Å². The average molecular weight is 366 g/mol. The summed E-state index contributed by atoms with van der Waals surface area (Å²) >= 11 is 1.30. The number of benzene rings is 1. The van der Waals surface area contributed by atoms with E-state index in [2.05, 4.69) is 9.88 Å². The van der Waals surface area contributed by atoms with Crippen molar-refractivity contribution >= 4 is 17.3 Å². The zero-order chi connectivity index (χ0) is 18.0. The predicted octanol–water partition coefficient (Wildman–Crippen LogP) is 2.67. The first-order valence-corrected chi connectivity index (χ1v) is 8.68. The highest BCUT2D eigenvalue weighted by molar-refractivity contribution is 7.14. The fraction of sp³-hybridized carbons (Fsp3) is 0.412. The Morgan fingerprint density at radius 1 is 1.56 bits per heavy atom. The Morgan fingerprint density at radius 2 is 2.36 bits per heavy atom. The largest absolute Gasteiger partial charge is 0.491 e. The molecule has 0 amide bonds. The molecule has 6 nitrogen and oxygen atoms in total. The molecule has 1 fully saturated rings. The van der Waals surface area contributed by atoms with Gasteiger partial charge in [-0.25, -0.2) is 14.2 Å². The molecule has 0 unspecified atom stereocenters. The van der Waals surface area contributed by atoms with E-state index in [9.17, 15) is 14.3 Å². The Bertz CT molecular complexity index is 780. The lowest BCUT2D eigenvalue weighted by atomic mass is 10.1. The number of carboxylic acids is 1. The number of aromatic nitrogens is 1. The van der Waals surface area contributed by atoms with Gasteiger partial charge in [0, 0.05) is 24.2 Å². The van der Waals surface area contributed by atoms with Crippen LogP contribution in [-0.4, -0.2) is 60.4 Å².